The van der Waals surface area contributed by atoms with Crippen LogP contribution in [0.4, 0.5) is 5.69 Å². The van der Waals surface area contributed by atoms with Crippen molar-refractivity contribution in [1.82, 2.24) is 4.90 Å². The van der Waals surface area contributed by atoms with E-state index < -0.39 is 46.2 Å². The molecule has 0 aliphatic carbocycles. The number of carbonyl (C=O) groups is 4. The molecule has 172 valence electrons. The highest BCUT2D eigenvalue weighted by molar-refractivity contribution is 7.91. The zero-order valence-corrected chi connectivity index (χ0v) is 19.1. The van der Waals surface area contributed by atoms with E-state index in [0.717, 1.165) is 4.90 Å². The molecule has 2 aromatic rings. The summed E-state index contributed by atoms with van der Waals surface area (Å²) in [5.41, 5.74) is 0.540. The first kappa shape index (κ1) is 22.9. The first-order chi connectivity index (χ1) is 15.6. The fourth-order valence-corrected chi connectivity index (χ4v) is 5.69. The summed E-state index contributed by atoms with van der Waals surface area (Å²) in [6.45, 7) is -0.577. The highest BCUT2D eigenvalue weighted by atomic mass is 35.5. The quantitative estimate of drug-likeness (QED) is 0.464. The number of anilines is 1. The molecule has 0 aromatic heterocycles. The zero-order valence-electron chi connectivity index (χ0n) is 17.5. The number of hydrogen-bond donors (Lipinski definition) is 0. The predicted molar refractivity (Wildman–Crippen MR) is 119 cm³/mol. The Hall–Kier alpha value is -3.24. The second-order valence-corrected chi connectivity index (χ2v) is 10.5. The topological polar surface area (TPSA) is 118 Å². The molecule has 1 unspecified atom stereocenters. The lowest BCUT2D eigenvalue weighted by atomic mass is 10.1. The van der Waals surface area contributed by atoms with Gasteiger partial charge in [0.1, 0.15) is 0 Å². The molecule has 0 bridgehead atoms. The Morgan fingerprint density at radius 2 is 1.76 bits per heavy atom. The van der Waals surface area contributed by atoms with Crippen LogP contribution in [0.3, 0.4) is 0 Å². The Bertz CT molecular complexity index is 1270. The first-order valence-corrected chi connectivity index (χ1v) is 12.2. The molecule has 3 amide bonds. The SMILES string of the molecule is CN(C(=O)COC(=O)c1ccc2c(c1)C(=O)N(c1ccc(Cl)cc1)C2=O)C1CCS(=O)(=O)C1. The molecule has 1 atom stereocenters. The summed E-state index contributed by atoms with van der Waals surface area (Å²) in [7, 11) is -1.70. The van der Waals surface area contributed by atoms with E-state index in [0.29, 0.717) is 17.1 Å². The molecule has 11 heteroatoms. The van der Waals surface area contributed by atoms with E-state index in [1.54, 1.807) is 12.1 Å². The average molecular weight is 491 g/mol. The van der Waals surface area contributed by atoms with Crippen LogP contribution in [0.25, 0.3) is 0 Å². The lowest BCUT2D eigenvalue weighted by molar-refractivity contribution is -0.134. The van der Waals surface area contributed by atoms with Crippen LogP contribution in [0.15, 0.2) is 42.5 Å². The van der Waals surface area contributed by atoms with Crippen molar-refractivity contribution in [2.24, 2.45) is 0 Å². The van der Waals surface area contributed by atoms with Gasteiger partial charge in [-0.3, -0.25) is 14.4 Å². The van der Waals surface area contributed by atoms with Gasteiger partial charge in [0.25, 0.3) is 17.7 Å². The number of sulfone groups is 1. The van der Waals surface area contributed by atoms with E-state index in [9.17, 15) is 27.6 Å². The van der Waals surface area contributed by atoms with Crippen molar-refractivity contribution in [1.29, 1.82) is 0 Å². The number of halogens is 1. The molecule has 2 aliphatic heterocycles. The van der Waals surface area contributed by atoms with Crippen molar-refractivity contribution >= 4 is 50.8 Å². The van der Waals surface area contributed by atoms with Crippen LogP contribution in [-0.2, 0) is 19.4 Å². The first-order valence-electron chi connectivity index (χ1n) is 9.99. The Morgan fingerprint density at radius 1 is 1.09 bits per heavy atom. The molecular formula is C22H19ClN2O7S. The summed E-state index contributed by atoms with van der Waals surface area (Å²) in [4.78, 5) is 52.6. The number of amides is 3. The fourth-order valence-electron chi connectivity index (χ4n) is 3.79. The molecule has 4 rings (SSSR count). The van der Waals surface area contributed by atoms with Gasteiger partial charge in [0.05, 0.1) is 33.9 Å². The minimum Gasteiger partial charge on any atom is -0.452 e. The van der Waals surface area contributed by atoms with Gasteiger partial charge < -0.3 is 9.64 Å². The van der Waals surface area contributed by atoms with Crippen LogP contribution in [0.2, 0.25) is 5.02 Å². The largest absolute Gasteiger partial charge is 0.452 e. The number of imide groups is 1. The summed E-state index contributed by atoms with van der Waals surface area (Å²) in [5.74, 6) is -2.60. The normalized spacial score (nSPS) is 18.8. The van der Waals surface area contributed by atoms with Crippen molar-refractivity contribution in [3.8, 4) is 0 Å². The maximum Gasteiger partial charge on any atom is 0.338 e. The standard InChI is InChI=1S/C22H19ClN2O7S/c1-24(16-8-9-33(30,31)12-16)19(26)11-32-22(29)13-2-7-17-18(10-13)21(28)25(20(17)27)15-5-3-14(23)4-6-15/h2-7,10,16H,8-9,11-12H2,1H3. The monoisotopic (exact) mass is 490 g/mol. The summed E-state index contributed by atoms with van der Waals surface area (Å²) < 4.78 is 28.3. The number of likely N-dealkylation sites (N-methyl/N-ethyl adjacent to an activating group) is 1. The van der Waals surface area contributed by atoms with Crippen molar-refractivity contribution in [2.75, 3.05) is 30.1 Å². The predicted octanol–water partition coefficient (Wildman–Crippen LogP) is 1.94. The van der Waals surface area contributed by atoms with Gasteiger partial charge in [0.2, 0.25) is 0 Å². The third-order valence-electron chi connectivity index (χ3n) is 5.68. The summed E-state index contributed by atoms with van der Waals surface area (Å²) in [5, 5.41) is 0.454. The number of carbonyl (C=O) groups excluding carboxylic acids is 4. The van der Waals surface area contributed by atoms with Gasteiger partial charge in [-0.2, -0.15) is 0 Å². The lowest BCUT2D eigenvalue weighted by Gasteiger charge is -2.23. The van der Waals surface area contributed by atoms with Gasteiger partial charge >= 0.3 is 5.97 Å². The molecule has 33 heavy (non-hydrogen) atoms. The van der Waals surface area contributed by atoms with E-state index in [1.165, 1.54) is 42.3 Å². The second-order valence-electron chi connectivity index (χ2n) is 7.82. The van der Waals surface area contributed by atoms with Crippen molar-refractivity contribution in [3.63, 3.8) is 0 Å². The Balaban J connectivity index is 1.44. The number of hydrogen-bond acceptors (Lipinski definition) is 7. The minimum atomic E-state index is -3.16. The van der Waals surface area contributed by atoms with E-state index in [-0.39, 0.29) is 28.2 Å². The number of esters is 1. The summed E-state index contributed by atoms with van der Waals surface area (Å²) >= 11 is 5.86. The minimum absolute atomic E-state index is 0.00625. The molecule has 2 heterocycles. The highest BCUT2D eigenvalue weighted by Gasteiger charge is 2.37. The molecule has 0 radical (unpaired) electrons. The van der Waals surface area contributed by atoms with Gasteiger partial charge in [-0.25, -0.2) is 18.1 Å². The number of ether oxygens (including phenoxy) is 1. The maximum atomic E-state index is 12.8. The number of fused-ring (bicyclic) bond motifs is 1. The number of rotatable bonds is 5. The third-order valence-corrected chi connectivity index (χ3v) is 7.69. The van der Waals surface area contributed by atoms with Crippen LogP contribution in [0, 0.1) is 0 Å². The van der Waals surface area contributed by atoms with Crippen LogP contribution in [-0.4, -0.2) is 68.2 Å². The number of nitrogens with zero attached hydrogens (tertiary/aromatic N) is 2. The van der Waals surface area contributed by atoms with E-state index in [2.05, 4.69) is 0 Å². The molecule has 0 saturated carbocycles. The average Bonchev–Trinajstić information content (AvgIpc) is 3.28. The summed E-state index contributed by atoms with van der Waals surface area (Å²) in [6.07, 6.45) is 0.337. The second kappa shape index (κ2) is 8.60. The Kier molecular flexibility index (Phi) is 5.98. The fraction of sp³-hybridized carbons (Fsp3) is 0.273. The van der Waals surface area contributed by atoms with Crippen LogP contribution >= 0.6 is 11.6 Å². The molecule has 0 spiro atoms. The summed E-state index contributed by atoms with van der Waals surface area (Å²) in [6, 6.07) is 9.69. The lowest BCUT2D eigenvalue weighted by Crippen LogP contribution is -2.40. The van der Waals surface area contributed by atoms with E-state index in [4.69, 9.17) is 16.3 Å². The van der Waals surface area contributed by atoms with Crippen LogP contribution < -0.4 is 4.90 Å². The van der Waals surface area contributed by atoms with Crippen LogP contribution in [0.1, 0.15) is 37.5 Å². The van der Waals surface area contributed by atoms with Gasteiger partial charge in [-0.1, -0.05) is 11.6 Å². The molecular weight excluding hydrogens is 472 g/mol. The molecule has 1 fully saturated rings. The smallest absolute Gasteiger partial charge is 0.338 e. The third kappa shape index (κ3) is 4.49. The van der Waals surface area contributed by atoms with Gasteiger partial charge in [-0.15, -0.1) is 0 Å². The molecule has 2 aliphatic rings. The Morgan fingerprint density at radius 3 is 2.39 bits per heavy atom. The van der Waals surface area contributed by atoms with E-state index >= 15 is 0 Å². The van der Waals surface area contributed by atoms with Crippen molar-refractivity contribution in [2.45, 2.75) is 12.5 Å². The maximum absolute atomic E-state index is 12.8. The van der Waals surface area contributed by atoms with Gasteiger partial charge in [-0.05, 0) is 48.9 Å². The zero-order chi connectivity index (χ0) is 23.9. The number of benzene rings is 2. The molecule has 0 N–H and O–H groups in total. The molecule has 9 nitrogen and oxygen atoms in total. The highest BCUT2D eigenvalue weighted by Crippen LogP contribution is 2.30. The van der Waals surface area contributed by atoms with Gasteiger partial charge in [0.15, 0.2) is 16.4 Å². The molecule has 1 saturated heterocycles. The van der Waals surface area contributed by atoms with Gasteiger partial charge in [0, 0.05) is 18.1 Å². The van der Waals surface area contributed by atoms with Crippen molar-refractivity contribution in [3.05, 3.63) is 64.2 Å². The Labute approximate surface area is 194 Å². The van der Waals surface area contributed by atoms with Crippen LogP contribution in [0.5, 0.6) is 0 Å². The van der Waals surface area contributed by atoms with E-state index in [1.807, 2.05) is 0 Å². The molecule has 2 aromatic carbocycles. The van der Waals surface area contributed by atoms with Crippen molar-refractivity contribution < 1.29 is 32.3 Å².